The van der Waals surface area contributed by atoms with Crippen LogP contribution in [0, 0.1) is 10.1 Å². The molecule has 0 aliphatic carbocycles. The first-order chi connectivity index (χ1) is 6.24. The largest absolute Gasteiger partial charge is 0.430 e. The second-order valence-electron chi connectivity index (χ2n) is 2.58. The molecule has 0 saturated carbocycles. The molecule has 0 heterocycles. The molecule has 0 spiro atoms. The first kappa shape index (κ1) is 9.51. The molecule has 0 aliphatic heterocycles. The van der Waals surface area contributed by atoms with Crippen LogP contribution >= 0.6 is 0 Å². The van der Waals surface area contributed by atoms with Gasteiger partial charge >= 0.3 is 6.23 Å². The van der Waals surface area contributed by atoms with E-state index in [0.717, 1.165) is 0 Å². The molecule has 0 fully saturated rings. The summed E-state index contributed by atoms with van der Waals surface area (Å²) in [5.74, 6) is 0.533. The summed E-state index contributed by atoms with van der Waals surface area (Å²) in [6.45, 7) is 1.72. The second-order valence-corrected chi connectivity index (χ2v) is 2.58. The van der Waals surface area contributed by atoms with Gasteiger partial charge in [0.2, 0.25) is 0 Å². The smallest absolute Gasteiger partial charge is 0.353 e. The Bertz CT molecular complexity index is 273. The molecule has 4 heteroatoms. The van der Waals surface area contributed by atoms with Gasteiger partial charge in [0, 0.05) is 0 Å². The fourth-order valence-electron chi connectivity index (χ4n) is 0.932. The molecule has 4 nitrogen and oxygen atoms in total. The molecule has 13 heavy (non-hydrogen) atoms. The summed E-state index contributed by atoms with van der Waals surface area (Å²) in [6.07, 6.45) is -0.579. The van der Waals surface area contributed by atoms with Gasteiger partial charge in [-0.05, 0) is 12.1 Å². The predicted octanol–water partition coefficient (Wildman–Crippen LogP) is 2.08. The van der Waals surface area contributed by atoms with Crippen molar-refractivity contribution >= 4 is 0 Å². The minimum Gasteiger partial charge on any atom is -0.430 e. The number of hydrogen-bond donors (Lipinski definition) is 0. The molecule has 0 amide bonds. The number of nitro groups is 1. The molecule has 70 valence electrons. The number of hydrogen-bond acceptors (Lipinski definition) is 3. The van der Waals surface area contributed by atoms with Crippen LogP contribution in [0.5, 0.6) is 5.75 Å². The van der Waals surface area contributed by atoms with Crippen molar-refractivity contribution in [1.29, 1.82) is 0 Å². The zero-order valence-electron chi connectivity index (χ0n) is 7.34. The fraction of sp³-hybridized carbons (Fsp3) is 0.333. The Hall–Kier alpha value is -1.58. The van der Waals surface area contributed by atoms with Crippen molar-refractivity contribution in [1.82, 2.24) is 0 Å². The summed E-state index contributed by atoms with van der Waals surface area (Å²) in [7, 11) is 0. The molecule has 0 radical (unpaired) electrons. The van der Waals surface area contributed by atoms with Crippen molar-refractivity contribution in [3.05, 3.63) is 40.4 Å². The van der Waals surface area contributed by atoms with Gasteiger partial charge < -0.3 is 4.74 Å². The summed E-state index contributed by atoms with van der Waals surface area (Å²) >= 11 is 0. The highest BCUT2D eigenvalue weighted by Gasteiger charge is 2.18. The Labute approximate surface area is 76.3 Å². The average molecular weight is 181 g/mol. The molecule has 0 aromatic heterocycles. The monoisotopic (exact) mass is 181 g/mol. The van der Waals surface area contributed by atoms with Gasteiger partial charge in [-0.15, -0.1) is 0 Å². The molecule has 1 atom stereocenters. The predicted molar refractivity (Wildman–Crippen MR) is 48.1 cm³/mol. The van der Waals surface area contributed by atoms with E-state index >= 15 is 0 Å². The van der Waals surface area contributed by atoms with Crippen LogP contribution in [-0.2, 0) is 0 Å². The lowest BCUT2D eigenvalue weighted by Crippen LogP contribution is -2.25. The highest BCUT2D eigenvalue weighted by atomic mass is 16.7. The van der Waals surface area contributed by atoms with E-state index in [9.17, 15) is 10.1 Å². The number of nitrogens with zero attached hydrogens (tertiary/aromatic N) is 1. The quantitative estimate of drug-likeness (QED) is 0.406. The number of ether oxygens (including phenoxy) is 1. The van der Waals surface area contributed by atoms with E-state index in [-0.39, 0.29) is 0 Å². The molecule has 1 aromatic rings. The normalized spacial score (nSPS) is 12.1. The van der Waals surface area contributed by atoms with E-state index in [1.165, 1.54) is 0 Å². The van der Waals surface area contributed by atoms with Gasteiger partial charge in [0.1, 0.15) is 5.75 Å². The van der Waals surface area contributed by atoms with Crippen molar-refractivity contribution in [2.24, 2.45) is 0 Å². The van der Waals surface area contributed by atoms with E-state index in [1.807, 2.05) is 6.07 Å². The summed E-state index contributed by atoms with van der Waals surface area (Å²) in [5.41, 5.74) is 0. The van der Waals surface area contributed by atoms with Crippen molar-refractivity contribution in [2.75, 3.05) is 0 Å². The van der Waals surface area contributed by atoms with E-state index in [1.54, 1.807) is 31.2 Å². The second kappa shape index (κ2) is 4.45. The third kappa shape index (κ3) is 2.74. The van der Waals surface area contributed by atoms with Crippen molar-refractivity contribution in [3.8, 4) is 5.75 Å². The maximum Gasteiger partial charge on any atom is 0.353 e. The Kier molecular flexibility index (Phi) is 3.25. The van der Waals surface area contributed by atoms with Crippen molar-refractivity contribution in [2.45, 2.75) is 19.6 Å². The number of benzene rings is 1. The summed E-state index contributed by atoms with van der Waals surface area (Å²) in [4.78, 5) is 9.99. The van der Waals surface area contributed by atoms with E-state index in [4.69, 9.17) is 4.74 Å². The first-order valence-electron chi connectivity index (χ1n) is 4.09. The molecule has 1 aromatic carbocycles. The molecular weight excluding hydrogens is 170 g/mol. The Balaban J connectivity index is 2.62. The molecular formula is C9H11NO3. The van der Waals surface area contributed by atoms with Gasteiger partial charge in [-0.1, -0.05) is 25.1 Å². The molecule has 0 aliphatic rings. The summed E-state index contributed by atoms with van der Waals surface area (Å²) in [5, 5.41) is 10.4. The van der Waals surface area contributed by atoms with Crippen LogP contribution in [0.1, 0.15) is 13.3 Å². The highest BCUT2D eigenvalue weighted by molar-refractivity contribution is 5.20. The average Bonchev–Trinajstić information content (AvgIpc) is 2.15. The van der Waals surface area contributed by atoms with Gasteiger partial charge in [-0.2, -0.15) is 0 Å². The highest BCUT2D eigenvalue weighted by Crippen LogP contribution is 2.12. The van der Waals surface area contributed by atoms with Crippen LogP contribution in [0.15, 0.2) is 30.3 Å². The standard InChI is InChI=1S/C9H11NO3/c1-2-9(10(11)12)13-8-6-4-3-5-7-8/h3-7,9H,2H2,1H3. The zero-order valence-corrected chi connectivity index (χ0v) is 7.34. The summed E-state index contributed by atoms with van der Waals surface area (Å²) < 4.78 is 5.13. The topological polar surface area (TPSA) is 52.4 Å². The lowest BCUT2D eigenvalue weighted by Gasteiger charge is -2.09. The SMILES string of the molecule is CCC(Oc1ccccc1)[N+](=O)[O-]. The van der Waals surface area contributed by atoms with Crippen LogP contribution in [0.4, 0.5) is 0 Å². The first-order valence-corrected chi connectivity index (χ1v) is 4.09. The van der Waals surface area contributed by atoms with Gasteiger partial charge in [-0.25, -0.2) is 0 Å². The van der Waals surface area contributed by atoms with Gasteiger partial charge in [0.05, 0.1) is 11.3 Å². The van der Waals surface area contributed by atoms with Gasteiger partial charge in [0.15, 0.2) is 0 Å². The van der Waals surface area contributed by atoms with Crippen molar-refractivity contribution < 1.29 is 9.66 Å². The lowest BCUT2D eigenvalue weighted by molar-refractivity contribution is -0.563. The van der Waals surface area contributed by atoms with Gasteiger partial charge in [-0.3, -0.25) is 10.1 Å². The molecule has 1 unspecified atom stereocenters. The maximum absolute atomic E-state index is 10.4. The van der Waals surface area contributed by atoms with Crippen LogP contribution < -0.4 is 4.74 Å². The number of rotatable bonds is 4. The van der Waals surface area contributed by atoms with E-state index in [0.29, 0.717) is 12.2 Å². The number of para-hydroxylation sites is 1. The molecule has 0 saturated heterocycles. The molecule has 0 bridgehead atoms. The maximum atomic E-state index is 10.4. The fourth-order valence-corrected chi connectivity index (χ4v) is 0.932. The molecule has 0 N–H and O–H groups in total. The van der Waals surface area contributed by atoms with E-state index in [2.05, 4.69) is 0 Å². The lowest BCUT2D eigenvalue weighted by atomic mass is 10.3. The van der Waals surface area contributed by atoms with Crippen LogP contribution in [0.25, 0.3) is 0 Å². The van der Waals surface area contributed by atoms with Crippen LogP contribution in [-0.4, -0.2) is 11.2 Å². The zero-order chi connectivity index (χ0) is 9.68. The minimum atomic E-state index is -0.942. The third-order valence-electron chi connectivity index (χ3n) is 1.60. The van der Waals surface area contributed by atoms with Crippen LogP contribution in [0.3, 0.4) is 0 Å². The van der Waals surface area contributed by atoms with Crippen molar-refractivity contribution in [3.63, 3.8) is 0 Å². The summed E-state index contributed by atoms with van der Waals surface area (Å²) in [6, 6.07) is 8.79. The van der Waals surface area contributed by atoms with Gasteiger partial charge in [0.25, 0.3) is 0 Å². The van der Waals surface area contributed by atoms with Crippen LogP contribution in [0.2, 0.25) is 0 Å². The van der Waals surface area contributed by atoms with E-state index < -0.39 is 11.2 Å². The Morgan fingerprint density at radius 1 is 1.46 bits per heavy atom. The Morgan fingerprint density at radius 2 is 2.08 bits per heavy atom. The Morgan fingerprint density at radius 3 is 2.54 bits per heavy atom. The minimum absolute atomic E-state index is 0.363. The molecule has 1 rings (SSSR count). The third-order valence-corrected chi connectivity index (χ3v) is 1.60.